The molecular weight excluding hydrogens is 315 g/mol. The van der Waals surface area contributed by atoms with E-state index in [1.54, 1.807) is 0 Å². The third-order valence-electron chi connectivity index (χ3n) is 5.24. The lowest BCUT2D eigenvalue weighted by Crippen LogP contribution is -2.37. The number of hydrogen-bond acceptors (Lipinski definition) is 2. The number of nitrogens with one attached hydrogen (secondary N) is 2. The summed E-state index contributed by atoms with van der Waals surface area (Å²) in [6, 6.07) is 4.76. The Bertz CT molecular complexity index is 558. The van der Waals surface area contributed by atoms with Gasteiger partial charge in [0.2, 0.25) is 5.91 Å². The van der Waals surface area contributed by atoms with Gasteiger partial charge in [0, 0.05) is 11.6 Å². The van der Waals surface area contributed by atoms with Crippen LogP contribution in [0, 0.1) is 11.7 Å². The molecule has 1 amide bonds. The lowest BCUT2D eigenvalue weighted by atomic mass is 9.77. The zero-order valence-corrected chi connectivity index (χ0v) is 14.0. The number of hydrogen-bond donors (Lipinski definition) is 2. The van der Waals surface area contributed by atoms with Crippen LogP contribution in [-0.4, -0.2) is 25.0 Å². The molecular formula is C18H24ClFN2O. The maximum atomic E-state index is 13.2. The van der Waals surface area contributed by atoms with Crippen molar-refractivity contribution in [3.63, 3.8) is 0 Å². The summed E-state index contributed by atoms with van der Waals surface area (Å²) in [5, 5.41) is 6.77. The Kier molecular flexibility index (Phi) is 5.54. The minimum absolute atomic E-state index is 0.00404. The van der Waals surface area contributed by atoms with Crippen LogP contribution in [0.4, 0.5) is 4.39 Å². The highest BCUT2D eigenvalue weighted by atomic mass is 35.5. The second kappa shape index (κ2) is 7.63. The first kappa shape index (κ1) is 16.7. The molecule has 1 aliphatic carbocycles. The fourth-order valence-electron chi connectivity index (χ4n) is 3.85. The molecule has 23 heavy (non-hydrogen) atoms. The smallest absolute Gasteiger partial charge is 0.237 e. The van der Waals surface area contributed by atoms with Gasteiger partial charge in [0.15, 0.2) is 0 Å². The van der Waals surface area contributed by atoms with Crippen molar-refractivity contribution in [2.24, 2.45) is 5.92 Å². The van der Waals surface area contributed by atoms with E-state index in [4.69, 9.17) is 11.6 Å². The number of carbonyl (C=O) groups is 1. The van der Waals surface area contributed by atoms with Crippen LogP contribution in [0.15, 0.2) is 18.2 Å². The molecule has 5 heteroatoms. The van der Waals surface area contributed by atoms with Crippen LogP contribution in [0.2, 0.25) is 5.02 Å². The molecule has 126 valence electrons. The quantitative estimate of drug-likeness (QED) is 0.861. The zero-order valence-electron chi connectivity index (χ0n) is 13.3. The summed E-state index contributed by atoms with van der Waals surface area (Å²) in [4.78, 5) is 11.5. The molecule has 0 aromatic heterocycles. The van der Waals surface area contributed by atoms with Crippen LogP contribution in [-0.2, 0) is 4.79 Å². The molecule has 1 heterocycles. The van der Waals surface area contributed by atoms with Crippen LogP contribution < -0.4 is 10.6 Å². The zero-order chi connectivity index (χ0) is 16.2. The molecule has 3 nitrogen and oxygen atoms in total. The molecule has 2 fully saturated rings. The second-order valence-corrected chi connectivity index (χ2v) is 7.17. The van der Waals surface area contributed by atoms with Gasteiger partial charge in [0.1, 0.15) is 5.82 Å². The Morgan fingerprint density at radius 2 is 2.00 bits per heavy atom. The highest BCUT2D eigenvalue weighted by Crippen LogP contribution is 2.39. The molecule has 2 aliphatic rings. The molecule has 0 radical (unpaired) electrons. The van der Waals surface area contributed by atoms with E-state index in [1.807, 2.05) is 6.07 Å². The fraction of sp³-hybridized carbons (Fsp3) is 0.611. The third-order valence-corrected chi connectivity index (χ3v) is 5.57. The van der Waals surface area contributed by atoms with E-state index in [2.05, 4.69) is 10.6 Å². The van der Waals surface area contributed by atoms with Crippen molar-refractivity contribution in [3.8, 4) is 0 Å². The number of carbonyl (C=O) groups excluding carboxylic acids is 1. The van der Waals surface area contributed by atoms with Crippen molar-refractivity contribution in [2.45, 2.75) is 50.5 Å². The van der Waals surface area contributed by atoms with E-state index >= 15 is 0 Å². The van der Waals surface area contributed by atoms with Gasteiger partial charge in [-0.05, 0) is 74.6 Å². The standard InChI is InChI=1S/C18H24ClFN2O/c19-16-11-14(20)5-6-15(16)13-3-1-12(2-4-13)7-9-21-17-8-10-22-18(17)23/h5-6,11-13,17,21H,1-4,7-10H2,(H,22,23). The van der Waals surface area contributed by atoms with E-state index in [1.165, 1.54) is 25.0 Å². The van der Waals surface area contributed by atoms with Gasteiger partial charge < -0.3 is 10.6 Å². The normalized spacial score (nSPS) is 27.9. The number of rotatable bonds is 5. The fourth-order valence-corrected chi connectivity index (χ4v) is 4.17. The average Bonchev–Trinajstić information content (AvgIpc) is 2.94. The van der Waals surface area contributed by atoms with E-state index in [0.717, 1.165) is 44.3 Å². The van der Waals surface area contributed by atoms with Crippen LogP contribution >= 0.6 is 11.6 Å². The minimum Gasteiger partial charge on any atom is -0.355 e. The molecule has 1 atom stereocenters. The molecule has 3 rings (SSSR count). The van der Waals surface area contributed by atoms with E-state index in [9.17, 15) is 9.18 Å². The molecule has 1 unspecified atom stereocenters. The first-order valence-electron chi connectivity index (χ1n) is 8.59. The summed E-state index contributed by atoms with van der Waals surface area (Å²) in [5.41, 5.74) is 1.09. The van der Waals surface area contributed by atoms with Crippen LogP contribution in [0.5, 0.6) is 0 Å². The summed E-state index contributed by atoms with van der Waals surface area (Å²) in [6.45, 7) is 1.70. The van der Waals surface area contributed by atoms with Gasteiger partial charge in [-0.1, -0.05) is 17.7 Å². The van der Waals surface area contributed by atoms with Crippen molar-refractivity contribution in [2.75, 3.05) is 13.1 Å². The second-order valence-electron chi connectivity index (χ2n) is 6.76. The van der Waals surface area contributed by atoms with Crippen molar-refractivity contribution in [3.05, 3.63) is 34.6 Å². The molecule has 1 aromatic rings. The van der Waals surface area contributed by atoms with E-state index in [0.29, 0.717) is 16.9 Å². The predicted octanol–water partition coefficient (Wildman–Crippen LogP) is 3.62. The summed E-state index contributed by atoms with van der Waals surface area (Å²) < 4.78 is 13.2. The van der Waals surface area contributed by atoms with Crippen molar-refractivity contribution < 1.29 is 9.18 Å². The highest BCUT2D eigenvalue weighted by Gasteiger charge is 2.26. The highest BCUT2D eigenvalue weighted by molar-refractivity contribution is 6.31. The van der Waals surface area contributed by atoms with E-state index < -0.39 is 0 Å². The Morgan fingerprint density at radius 1 is 1.22 bits per heavy atom. The molecule has 0 bridgehead atoms. The van der Waals surface area contributed by atoms with Gasteiger partial charge in [-0.3, -0.25) is 4.79 Å². The van der Waals surface area contributed by atoms with Gasteiger partial charge in [0.25, 0.3) is 0 Å². The molecule has 0 spiro atoms. The Morgan fingerprint density at radius 3 is 2.65 bits per heavy atom. The van der Waals surface area contributed by atoms with Gasteiger partial charge >= 0.3 is 0 Å². The summed E-state index contributed by atoms with van der Waals surface area (Å²) in [6.07, 6.45) is 6.59. The maximum Gasteiger partial charge on any atom is 0.237 e. The lowest BCUT2D eigenvalue weighted by Gasteiger charge is -2.29. The first-order valence-corrected chi connectivity index (χ1v) is 8.97. The molecule has 1 saturated carbocycles. The largest absolute Gasteiger partial charge is 0.355 e. The molecule has 2 N–H and O–H groups in total. The number of benzene rings is 1. The van der Waals surface area contributed by atoms with Crippen molar-refractivity contribution >= 4 is 17.5 Å². The SMILES string of the molecule is O=C1NCCC1NCCC1CCC(c2ccc(F)cc2Cl)CC1. The molecule has 1 aromatic carbocycles. The topological polar surface area (TPSA) is 41.1 Å². The first-order chi connectivity index (χ1) is 11.1. The van der Waals surface area contributed by atoms with Crippen molar-refractivity contribution in [1.29, 1.82) is 0 Å². The lowest BCUT2D eigenvalue weighted by molar-refractivity contribution is -0.120. The maximum absolute atomic E-state index is 13.2. The minimum atomic E-state index is -0.269. The monoisotopic (exact) mass is 338 g/mol. The summed E-state index contributed by atoms with van der Waals surface area (Å²) in [7, 11) is 0. The Labute approximate surface area is 142 Å². The average molecular weight is 339 g/mol. The Balaban J connectivity index is 1.42. The van der Waals surface area contributed by atoms with Crippen molar-refractivity contribution in [1.82, 2.24) is 10.6 Å². The predicted molar refractivity (Wildman–Crippen MR) is 90.1 cm³/mol. The summed E-state index contributed by atoms with van der Waals surface area (Å²) in [5.74, 6) is 1.03. The van der Waals surface area contributed by atoms with Gasteiger partial charge in [-0.25, -0.2) is 4.39 Å². The van der Waals surface area contributed by atoms with E-state index in [-0.39, 0.29) is 17.8 Å². The van der Waals surface area contributed by atoms with Gasteiger partial charge in [0.05, 0.1) is 6.04 Å². The number of amides is 1. The van der Waals surface area contributed by atoms with Gasteiger partial charge in [-0.2, -0.15) is 0 Å². The van der Waals surface area contributed by atoms with Crippen LogP contribution in [0.3, 0.4) is 0 Å². The molecule has 1 saturated heterocycles. The summed E-state index contributed by atoms with van der Waals surface area (Å²) >= 11 is 6.18. The van der Waals surface area contributed by atoms with Gasteiger partial charge in [-0.15, -0.1) is 0 Å². The molecule has 1 aliphatic heterocycles. The number of halogens is 2. The third kappa shape index (κ3) is 4.24. The van der Waals surface area contributed by atoms with Crippen LogP contribution in [0.1, 0.15) is 50.0 Å². The van der Waals surface area contributed by atoms with Crippen LogP contribution in [0.25, 0.3) is 0 Å². The Hall–Kier alpha value is -1.13.